The lowest BCUT2D eigenvalue weighted by atomic mass is 9.68. The number of aliphatic carboxylic acids is 1. The van der Waals surface area contributed by atoms with Gasteiger partial charge in [-0.2, -0.15) is 0 Å². The summed E-state index contributed by atoms with van der Waals surface area (Å²) in [5.41, 5.74) is 0.634. The molecule has 0 aromatic rings. The summed E-state index contributed by atoms with van der Waals surface area (Å²) in [5, 5.41) is 9.21. The number of likely N-dealkylation sites (tertiary alicyclic amines) is 1. The van der Waals surface area contributed by atoms with Gasteiger partial charge in [0.05, 0.1) is 5.92 Å². The van der Waals surface area contributed by atoms with Crippen LogP contribution in [0.2, 0.25) is 0 Å². The summed E-state index contributed by atoms with van der Waals surface area (Å²) in [5.74, 6) is -0.207. The van der Waals surface area contributed by atoms with Gasteiger partial charge in [-0.15, -0.1) is 0 Å². The van der Waals surface area contributed by atoms with E-state index in [2.05, 4.69) is 4.90 Å². The predicted molar refractivity (Wildman–Crippen MR) is 70.4 cm³/mol. The average Bonchev–Trinajstić information content (AvgIpc) is 2.76. The summed E-state index contributed by atoms with van der Waals surface area (Å²) in [6, 6.07) is 0. The first-order valence-corrected chi connectivity index (χ1v) is 7.64. The minimum Gasteiger partial charge on any atom is -0.481 e. The zero-order valence-corrected chi connectivity index (χ0v) is 11.2. The molecule has 2 atom stereocenters. The highest BCUT2D eigenvalue weighted by atomic mass is 16.4. The largest absolute Gasteiger partial charge is 0.481 e. The molecule has 1 N–H and O–H groups in total. The molecular formula is C15H25NO2. The molecule has 3 nitrogen and oxygen atoms in total. The van der Waals surface area contributed by atoms with Gasteiger partial charge in [-0.1, -0.05) is 25.7 Å². The van der Waals surface area contributed by atoms with Crippen LogP contribution >= 0.6 is 0 Å². The molecule has 2 aliphatic carbocycles. The first-order valence-electron chi connectivity index (χ1n) is 7.64. The predicted octanol–water partition coefficient (Wildman–Crippen LogP) is 2.75. The van der Waals surface area contributed by atoms with Crippen molar-refractivity contribution in [1.82, 2.24) is 4.90 Å². The highest BCUT2D eigenvalue weighted by Crippen LogP contribution is 2.45. The normalized spacial score (nSPS) is 35.6. The molecule has 0 aromatic carbocycles. The Kier molecular flexibility index (Phi) is 3.35. The molecule has 1 saturated heterocycles. The molecule has 102 valence electrons. The molecule has 0 aromatic heterocycles. The summed E-state index contributed by atoms with van der Waals surface area (Å²) in [4.78, 5) is 13.7. The summed E-state index contributed by atoms with van der Waals surface area (Å²) in [7, 11) is 0. The lowest BCUT2D eigenvalue weighted by Gasteiger charge is -2.53. The number of hydrogen-bond acceptors (Lipinski definition) is 2. The number of carboxylic acids is 1. The van der Waals surface area contributed by atoms with Gasteiger partial charge in [0.1, 0.15) is 0 Å². The Bertz CT molecular complexity index is 314. The Morgan fingerprint density at radius 1 is 1.11 bits per heavy atom. The molecular weight excluding hydrogens is 226 g/mol. The van der Waals surface area contributed by atoms with Crippen LogP contribution in [0.4, 0.5) is 0 Å². The number of hydrogen-bond donors (Lipinski definition) is 1. The van der Waals surface area contributed by atoms with Gasteiger partial charge in [-0.25, -0.2) is 0 Å². The third kappa shape index (κ3) is 2.29. The number of nitrogens with zero attached hydrogens (tertiary/aromatic N) is 1. The van der Waals surface area contributed by atoms with Crippen molar-refractivity contribution in [3.63, 3.8) is 0 Å². The monoisotopic (exact) mass is 251 g/mol. The third-order valence-electron chi connectivity index (χ3n) is 5.50. The van der Waals surface area contributed by atoms with Crippen LogP contribution in [-0.4, -0.2) is 35.6 Å². The molecule has 0 amide bonds. The molecule has 2 unspecified atom stereocenters. The van der Waals surface area contributed by atoms with E-state index in [4.69, 9.17) is 0 Å². The van der Waals surface area contributed by atoms with Gasteiger partial charge < -0.3 is 10.0 Å². The number of carboxylic acid groups (broad SMARTS) is 1. The van der Waals surface area contributed by atoms with Crippen molar-refractivity contribution in [3.8, 4) is 0 Å². The fourth-order valence-corrected chi connectivity index (χ4v) is 4.56. The van der Waals surface area contributed by atoms with E-state index < -0.39 is 5.97 Å². The molecule has 0 bridgehead atoms. The Labute approximate surface area is 110 Å². The van der Waals surface area contributed by atoms with Crippen molar-refractivity contribution in [1.29, 1.82) is 0 Å². The Morgan fingerprint density at radius 3 is 2.50 bits per heavy atom. The van der Waals surface area contributed by atoms with Gasteiger partial charge in [0.15, 0.2) is 0 Å². The smallest absolute Gasteiger partial charge is 0.306 e. The number of carbonyl (C=O) groups is 1. The van der Waals surface area contributed by atoms with E-state index in [-0.39, 0.29) is 5.92 Å². The molecule has 3 rings (SSSR count). The van der Waals surface area contributed by atoms with Gasteiger partial charge in [0, 0.05) is 19.6 Å². The summed E-state index contributed by atoms with van der Waals surface area (Å²) < 4.78 is 0. The van der Waals surface area contributed by atoms with Crippen LogP contribution in [0, 0.1) is 17.3 Å². The second-order valence-corrected chi connectivity index (χ2v) is 6.87. The SMILES string of the molecule is O=C(O)C1CCCC1CN1CC2(CCCCC2)C1. The van der Waals surface area contributed by atoms with Gasteiger partial charge in [0.2, 0.25) is 0 Å². The summed E-state index contributed by atoms with van der Waals surface area (Å²) in [6.07, 6.45) is 10.2. The van der Waals surface area contributed by atoms with Gasteiger partial charge in [-0.05, 0) is 37.0 Å². The summed E-state index contributed by atoms with van der Waals surface area (Å²) in [6.45, 7) is 3.53. The van der Waals surface area contributed by atoms with E-state index >= 15 is 0 Å². The Hall–Kier alpha value is -0.570. The first kappa shape index (κ1) is 12.5. The summed E-state index contributed by atoms with van der Waals surface area (Å²) >= 11 is 0. The molecule has 1 aliphatic heterocycles. The van der Waals surface area contributed by atoms with Gasteiger partial charge in [0.25, 0.3) is 0 Å². The highest BCUT2D eigenvalue weighted by molar-refractivity contribution is 5.70. The van der Waals surface area contributed by atoms with E-state index in [0.717, 1.165) is 25.8 Å². The van der Waals surface area contributed by atoms with Crippen LogP contribution in [0.1, 0.15) is 51.4 Å². The van der Waals surface area contributed by atoms with Crippen LogP contribution in [0.25, 0.3) is 0 Å². The van der Waals surface area contributed by atoms with Crippen LogP contribution in [-0.2, 0) is 4.79 Å². The Morgan fingerprint density at radius 2 is 1.83 bits per heavy atom. The molecule has 1 heterocycles. The maximum absolute atomic E-state index is 11.2. The van der Waals surface area contributed by atoms with Gasteiger partial charge in [-0.3, -0.25) is 4.79 Å². The van der Waals surface area contributed by atoms with Crippen LogP contribution in [0.5, 0.6) is 0 Å². The topological polar surface area (TPSA) is 40.5 Å². The zero-order valence-electron chi connectivity index (χ0n) is 11.2. The van der Waals surface area contributed by atoms with Crippen molar-refractivity contribution in [2.24, 2.45) is 17.3 Å². The minimum atomic E-state index is -0.564. The van der Waals surface area contributed by atoms with Crippen molar-refractivity contribution >= 4 is 5.97 Å². The first-order chi connectivity index (χ1) is 8.69. The molecule has 3 fully saturated rings. The van der Waals surface area contributed by atoms with Crippen molar-refractivity contribution < 1.29 is 9.90 Å². The maximum atomic E-state index is 11.2. The quantitative estimate of drug-likeness (QED) is 0.838. The zero-order chi connectivity index (χ0) is 12.6. The second kappa shape index (κ2) is 4.84. The van der Waals surface area contributed by atoms with Crippen molar-refractivity contribution in [2.75, 3.05) is 19.6 Å². The van der Waals surface area contributed by atoms with Crippen LogP contribution < -0.4 is 0 Å². The van der Waals surface area contributed by atoms with E-state index in [9.17, 15) is 9.90 Å². The maximum Gasteiger partial charge on any atom is 0.306 e. The fourth-order valence-electron chi connectivity index (χ4n) is 4.56. The number of rotatable bonds is 3. The average molecular weight is 251 g/mol. The fraction of sp³-hybridized carbons (Fsp3) is 0.933. The lowest BCUT2D eigenvalue weighted by molar-refractivity contribution is -0.143. The lowest BCUT2D eigenvalue weighted by Crippen LogP contribution is -2.58. The third-order valence-corrected chi connectivity index (χ3v) is 5.50. The highest BCUT2D eigenvalue weighted by Gasteiger charge is 2.45. The minimum absolute atomic E-state index is 0.0621. The van der Waals surface area contributed by atoms with Crippen molar-refractivity contribution in [3.05, 3.63) is 0 Å². The van der Waals surface area contributed by atoms with E-state index in [1.165, 1.54) is 45.2 Å². The van der Waals surface area contributed by atoms with Crippen LogP contribution in [0.15, 0.2) is 0 Å². The second-order valence-electron chi connectivity index (χ2n) is 6.87. The molecule has 3 heteroatoms. The standard InChI is InChI=1S/C15H25NO2/c17-14(18)13-6-4-5-12(13)9-16-10-15(11-16)7-2-1-3-8-15/h12-13H,1-11H2,(H,17,18). The van der Waals surface area contributed by atoms with Gasteiger partial charge >= 0.3 is 5.97 Å². The van der Waals surface area contributed by atoms with E-state index in [1.54, 1.807) is 0 Å². The van der Waals surface area contributed by atoms with Crippen molar-refractivity contribution in [2.45, 2.75) is 51.4 Å². The molecule has 2 saturated carbocycles. The molecule has 3 aliphatic rings. The van der Waals surface area contributed by atoms with Crippen LogP contribution in [0.3, 0.4) is 0 Å². The Balaban J connectivity index is 1.49. The molecule has 18 heavy (non-hydrogen) atoms. The molecule has 0 radical (unpaired) electrons. The molecule has 1 spiro atoms. The van der Waals surface area contributed by atoms with E-state index in [1.807, 2.05) is 0 Å². The van der Waals surface area contributed by atoms with E-state index in [0.29, 0.717) is 11.3 Å².